The van der Waals surface area contributed by atoms with Gasteiger partial charge >= 0.3 is 0 Å². The van der Waals surface area contributed by atoms with Gasteiger partial charge in [0.1, 0.15) is 11.6 Å². The molecule has 8 atom stereocenters. The van der Waals surface area contributed by atoms with Crippen molar-refractivity contribution >= 4 is 35.0 Å². The molecule has 3 fully saturated rings. The molecule has 0 radical (unpaired) electrons. The smallest absolute Gasteiger partial charge is 0.246 e. The van der Waals surface area contributed by atoms with Gasteiger partial charge in [-0.1, -0.05) is 56.5 Å². The summed E-state index contributed by atoms with van der Waals surface area (Å²) in [6.07, 6.45) is 6.82. The number of amides is 3. The van der Waals surface area contributed by atoms with Crippen LogP contribution in [0.3, 0.4) is 0 Å². The molecule has 206 valence electrons. The Hall–Kier alpha value is -2.42. The number of ether oxygens (including phenoxy) is 2. The maximum Gasteiger partial charge on any atom is 0.246 e. The number of methoxy groups -OCH3 is 1. The third-order valence-corrected chi connectivity index (χ3v) is 9.55. The minimum atomic E-state index is -1.17. The van der Waals surface area contributed by atoms with Crippen LogP contribution in [0, 0.1) is 30.6 Å². The number of hydrogen-bond donors (Lipinski definition) is 2. The number of halogens is 1. The molecule has 3 amide bonds. The molecule has 1 aromatic rings. The summed E-state index contributed by atoms with van der Waals surface area (Å²) in [6.45, 7) is 7.11. The molecule has 2 bridgehead atoms. The Balaban J connectivity index is 1.42. The topological polar surface area (TPSA) is 97.0 Å². The van der Waals surface area contributed by atoms with Crippen LogP contribution < -0.4 is 10.6 Å². The summed E-state index contributed by atoms with van der Waals surface area (Å²) in [4.78, 5) is 43.1. The van der Waals surface area contributed by atoms with Crippen LogP contribution in [-0.2, 0) is 23.9 Å². The highest BCUT2D eigenvalue weighted by molar-refractivity contribution is 6.31. The van der Waals surface area contributed by atoms with E-state index in [0.717, 1.165) is 24.8 Å². The number of rotatable bonds is 8. The van der Waals surface area contributed by atoms with Gasteiger partial charge in [0.15, 0.2) is 0 Å². The van der Waals surface area contributed by atoms with Gasteiger partial charge in [0.25, 0.3) is 0 Å². The highest BCUT2D eigenvalue weighted by atomic mass is 35.5. The zero-order valence-corrected chi connectivity index (χ0v) is 23.3. The minimum Gasteiger partial charge on any atom is -0.385 e. The SMILES string of the molecule is COCCCN1C(=O)[C@H]2[C@H](C(=O)Nc3ccc(C)c(Cl)c3)[C@H]3C=C[C@@]2(O3)[C@@H]1C(=O)N[C@@H]1CCC[C@H](C)[C@H]1C. The first-order valence-corrected chi connectivity index (χ1v) is 14.1. The number of nitrogens with one attached hydrogen (secondary N) is 2. The molecule has 8 nitrogen and oxygen atoms in total. The van der Waals surface area contributed by atoms with Crippen LogP contribution in [0.2, 0.25) is 5.02 Å². The molecule has 1 saturated carbocycles. The van der Waals surface area contributed by atoms with Crippen LogP contribution in [0.15, 0.2) is 30.4 Å². The molecular formula is C29H38ClN3O5. The van der Waals surface area contributed by atoms with E-state index in [1.807, 2.05) is 25.1 Å². The van der Waals surface area contributed by atoms with Crippen molar-refractivity contribution in [2.45, 2.75) is 70.2 Å². The number of nitrogens with zero attached hydrogens (tertiary/aromatic N) is 1. The Kier molecular flexibility index (Phi) is 7.59. The van der Waals surface area contributed by atoms with E-state index < -0.39 is 29.6 Å². The largest absolute Gasteiger partial charge is 0.385 e. The number of carbonyl (C=O) groups excluding carboxylic acids is 3. The predicted molar refractivity (Wildman–Crippen MR) is 145 cm³/mol. The molecule has 5 rings (SSSR count). The lowest BCUT2D eigenvalue weighted by molar-refractivity contribution is -0.141. The molecule has 2 saturated heterocycles. The van der Waals surface area contributed by atoms with Crippen LogP contribution in [0.1, 0.15) is 45.1 Å². The Morgan fingerprint density at radius 3 is 2.76 bits per heavy atom. The van der Waals surface area contributed by atoms with Crippen molar-refractivity contribution in [2.75, 3.05) is 25.6 Å². The van der Waals surface area contributed by atoms with Gasteiger partial charge in [0, 0.05) is 37.0 Å². The lowest BCUT2D eigenvalue weighted by Gasteiger charge is -2.38. The molecule has 4 aliphatic rings. The molecule has 1 aliphatic carbocycles. The average molecular weight is 544 g/mol. The Labute approximate surface area is 229 Å². The second-order valence-corrected chi connectivity index (χ2v) is 11.8. The zero-order chi connectivity index (χ0) is 27.2. The monoisotopic (exact) mass is 543 g/mol. The number of anilines is 1. The lowest BCUT2D eigenvalue weighted by Crippen LogP contribution is -2.58. The maximum atomic E-state index is 14.0. The van der Waals surface area contributed by atoms with Crippen molar-refractivity contribution in [3.8, 4) is 0 Å². The van der Waals surface area contributed by atoms with Crippen LogP contribution in [0.5, 0.6) is 0 Å². The van der Waals surface area contributed by atoms with Crippen molar-refractivity contribution < 1.29 is 23.9 Å². The molecule has 1 aromatic carbocycles. The van der Waals surface area contributed by atoms with Crippen LogP contribution in [0.25, 0.3) is 0 Å². The summed E-state index contributed by atoms with van der Waals surface area (Å²) in [5, 5.41) is 6.75. The molecule has 2 N–H and O–H groups in total. The fraction of sp³-hybridized carbons (Fsp3) is 0.621. The third-order valence-electron chi connectivity index (χ3n) is 9.15. The number of carbonyl (C=O) groups is 3. The highest BCUT2D eigenvalue weighted by Gasteiger charge is 2.72. The second kappa shape index (κ2) is 10.6. The van der Waals surface area contributed by atoms with Crippen molar-refractivity contribution in [2.24, 2.45) is 23.7 Å². The second-order valence-electron chi connectivity index (χ2n) is 11.4. The van der Waals surface area contributed by atoms with Crippen molar-refractivity contribution in [3.63, 3.8) is 0 Å². The number of likely N-dealkylation sites (tertiary alicyclic amines) is 1. The lowest BCUT2D eigenvalue weighted by atomic mass is 9.73. The van der Waals surface area contributed by atoms with Crippen molar-refractivity contribution in [3.05, 3.63) is 40.9 Å². The molecule has 0 aromatic heterocycles. The van der Waals surface area contributed by atoms with Gasteiger partial charge in [0.05, 0.1) is 17.9 Å². The normalized spacial score (nSPS) is 35.4. The van der Waals surface area contributed by atoms with Crippen LogP contribution in [0.4, 0.5) is 5.69 Å². The molecule has 9 heteroatoms. The van der Waals surface area contributed by atoms with E-state index in [1.165, 1.54) is 0 Å². The molecule has 1 spiro atoms. The standard InChI is InChI=1S/C29H38ClN3O5/c1-16-7-5-8-21(18(16)3)32-27(35)25-29-12-11-22(38-29)23(24(29)28(36)33(25)13-6-14-37-4)26(34)31-19-10-9-17(2)20(30)15-19/h9-12,15-16,18,21-25H,5-8,13-14H2,1-4H3,(H,31,34)(H,32,35)/t16-,18+,21+,22+,23+,24+,25-,29-/m0/s1. The number of aryl methyl sites for hydroxylation is 1. The van der Waals surface area contributed by atoms with E-state index in [0.29, 0.717) is 42.1 Å². The zero-order valence-electron chi connectivity index (χ0n) is 22.5. The van der Waals surface area contributed by atoms with Gasteiger partial charge in [-0.15, -0.1) is 0 Å². The fourth-order valence-electron chi connectivity index (χ4n) is 6.83. The molecule has 3 heterocycles. The Morgan fingerprint density at radius 2 is 2.03 bits per heavy atom. The summed E-state index contributed by atoms with van der Waals surface area (Å²) >= 11 is 6.26. The molecular weight excluding hydrogens is 506 g/mol. The number of hydrogen-bond acceptors (Lipinski definition) is 5. The first-order chi connectivity index (χ1) is 18.2. The minimum absolute atomic E-state index is 0.0468. The van der Waals surface area contributed by atoms with E-state index >= 15 is 0 Å². The molecule has 38 heavy (non-hydrogen) atoms. The quantitative estimate of drug-likeness (QED) is 0.385. The first-order valence-electron chi connectivity index (χ1n) is 13.7. The summed E-state index contributed by atoms with van der Waals surface area (Å²) in [6, 6.07) is 4.53. The Bertz CT molecular complexity index is 1140. The van der Waals surface area contributed by atoms with Crippen molar-refractivity contribution in [1.29, 1.82) is 0 Å². The number of benzene rings is 1. The number of fused-ring (bicyclic) bond motifs is 1. The summed E-state index contributed by atoms with van der Waals surface area (Å²) in [5.74, 6) is -1.40. The van der Waals surface area contributed by atoms with Gasteiger partial charge in [-0.25, -0.2) is 0 Å². The first kappa shape index (κ1) is 27.2. The van der Waals surface area contributed by atoms with Gasteiger partial charge in [0.2, 0.25) is 17.7 Å². The highest BCUT2D eigenvalue weighted by Crippen LogP contribution is 2.55. The fourth-order valence-corrected chi connectivity index (χ4v) is 7.01. The maximum absolute atomic E-state index is 14.0. The predicted octanol–water partition coefficient (Wildman–Crippen LogP) is 3.71. The van der Waals surface area contributed by atoms with Crippen LogP contribution >= 0.6 is 11.6 Å². The molecule has 3 aliphatic heterocycles. The van der Waals surface area contributed by atoms with E-state index in [-0.39, 0.29) is 23.8 Å². The summed E-state index contributed by atoms with van der Waals surface area (Å²) < 4.78 is 11.6. The van der Waals surface area contributed by atoms with Crippen molar-refractivity contribution in [1.82, 2.24) is 10.2 Å². The van der Waals surface area contributed by atoms with Crippen LogP contribution in [-0.4, -0.2) is 66.7 Å². The van der Waals surface area contributed by atoms with E-state index in [4.69, 9.17) is 21.1 Å². The van der Waals surface area contributed by atoms with Gasteiger partial charge in [-0.2, -0.15) is 0 Å². The third kappa shape index (κ3) is 4.54. The molecule has 0 unspecified atom stereocenters. The Morgan fingerprint density at radius 1 is 1.24 bits per heavy atom. The average Bonchev–Trinajstić information content (AvgIpc) is 3.52. The summed E-state index contributed by atoms with van der Waals surface area (Å²) in [5.41, 5.74) is 0.293. The van der Waals surface area contributed by atoms with E-state index in [1.54, 1.807) is 24.1 Å². The van der Waals surface area contributed by atoms with Gasteiger partial charge in [-0.05, 0) is 49.3 Å². The van der Waals surface area contributed by atoms with E-state index in [2.05, 4.69) is 24.5 Å². The van der Waals surface area contributed by atoms with E-state index in [9.17, 15) is 14.4 Å². The summed E-state index contributed by atoms with van der Waals surface area (Å²) in [7, 11) is 1.61. The van der Waals surface area contributed by atoms with Gasteiger partial charge < -0.3 is 25.0 Å². The van der Waals surface area contributed by atoms with Gasteiger partial charge in [-0.3, -0.25) is 14.4 Å².